The topological polar surface area (TPSA) is 79.5 Å². The third-order valence-corrected chi connectivity index (χ3v) is 4.08. The molecule has 2 aromatic rings. The SMILES string of the molecule is CCc1ccc(-c2noc(CN3CCCC3C(=O)O)n2)cc1. The van der Waals surface area contributed by atoms with Crippen molar-refractivity contribution in [2.75, 3.05) is 6.54 Å². The van der Waals surface area contributed by atoms with E-state index < -0.39 is 12.0 Å². The summed E-state index contributed by atoms with van der Waals surface area (Å²) in [7, 11) is 0. The standard InChI is InChI=1S/C16H19N3O3/c1-2-11-5-7-12(8-6-11)15-17-14(22-18-15)10-19-9-3-4-13(19)16(20)21/h5-8,13H,2-4,9-10H2,1H3,(H,20,21). The molecule has 3 rings (SSSR count). The molecule has 1 aliphatic rings. The summed E-state index contributed by atoms with van der Waals surface area (Å²) in [6.07, 6.45) is 2.55. The first-order valence-corrected chi connectivity index (χ1v) is 7.56. The van der Waals surface area contributed by atoms with Gasteiger partial charge >= 0.3 is 5.97 Å². The highest BCUT2D eigenvalue weighted by Crippen LogP contribution is 2.21. The third kappa shape index (κ3) is 3.01. The molecule has 116 valence electrons. The molecule has 0 bridgehead atoms. The first-order chi connectivity index (χ1) is 10.7. The molecular formula is C16H19N3O3. The Morgan fingerprint density at radius 3 is 2.86 bits per heavy atom. The zero-order chi connectivity index (χ0) is 15.5. The van der Waals surface area contributed by atoms with Gasteiger partial charge in [-0.15, -0.1) is 0 Å². The number of rotatable bonds is 5. The zero-order valence-electron chi connectivity index (χ0n) is 12.5. The van der Waals surface area contributed by atoms with E-state index in [1.807, 2.05) is 29.2 Å². The number of likely N-dealkylation sites (tertiary alicyclic amines) is 1. The van der Waals surface area contributed by atoms with Crippen LogP contribution in [-0.2, 0) is 17.8 Å². The van der Waals surface area contributed by atoms with Gasteiger partial charge in [0.1, 0.15) is 6.04 Å². The van der Waals surface area contributed by atoms with E-state index in [-0.39, 0.29) is 0 Å². The molecule has 22 heavy (non-hydrogen) atoms. The monoisotopic (exact) mass is 301 g/mol. The molecule has 0 radical (unpaired) electrons. The van der Waals surface area contributed by atoms with Crippen LogP contribution in [0.1, 0.15) is 31.2 Å². The lowest BCUT2D eigenvalue weighted by atomic mass is 10.1. The number of aryl methyl sites for hydroxylation is 1. The molecule has 6 nitrogen and oxygen atoms in total. The Hall–Kier alpha value is -2.21. The van der Waals surface area contributed by atoms with Gasteiger partial charge in [-0.1, -0.05) is 36.3 Å². The fourth-order valence-corrected chi connectivity index (χ4v) is 2.79. The minimum atomic E-state index is -0.785. The number of hydrogen-bond acceptors (Lipinski definition) is 5. The Bertz CT molecular complexity index is 651. The van der Waals surface area contributed by atoms with Crippen molar-refractivity contribution in [3.8, 4) is 11.4 Å². The summed E-state index contributed by atoms with van der Waals surface area (Å²) in [6, 6.07) is 7.60. The van der Waals surface area contributed by atoms with E-state index in [0.717, 1.165) is 24.9 Å². The van der Waals surface area contributed by atoms with Crippen molar-refractivity contribution in [3.05, 3.63) is 35.7 Å². The Balaban J connectivity index is 1.72. The Morgan fingerprint density at radius 2 is 2.18 bits per heavy atom. The Morgan fingerprint density at radius 1 is 1.41 bits per heavy atom. The number of aliphatic carboxylic acids is 1. The van der Waals surface area contributed by atoms with Gasteiger partial charge in [-0.05, 0) is 31.4 Å². The normalized spacial score (nSPS) is 18.7. The fourth-order valence-electron chi connectivity index (χ4n) is 2.79. The van der Waals surface area contributed by atoms with Gasteiger partial charge in [-0.25, -0.2) is 0 Å². The lowest BCUT2D eigenvalue weighted by molar-refractivity contribution is -0.142. The maximum Gasteiger partial charge on any atom is 0.320 e. The van der Waals surface area contributed by atoms with Crippen molar-refractivity contribution in [2.24, 2.45) is 0 Å². The van der Waals surface area contributed by atoms with E-state index in [9.17, 15) is 9.90 Å². The number of aromatic nitrogens is 2. The maximum atomic E-state index is 11.2. The van der Waals surface area contributed by atoms with Gasteiger partial charge in [-0.3, -0.25) is 9.69 Å². The minimum Gasteiger partial charge on any atom is -0.480 e. The number of benzene rings is 1. The van der Waals surface area contributed by atoms with Crippen LogP contribution in [0.15, 0.2) is 28.8 Å². The van der Waals surface area contributed by atoms with Crippen molar-refractivity contribution in [1.29, 1.82) is 0 Å². The van der Waals surface area contributed by atoms with Crippen LogP contribution in [0.2, 0.25) is 0 Å². The molecular weight excluding hydrogens is 282 g/mol. The molecule has 0 spiro atoms. The van der Waals surface area contributed by atoms with Crippen LogP contribution in [0, 0.1) is 0 Å². The van der Waals surface area contributed by atoms with Crippen LogP contribution in [0.5, 0.6) is 0 Å². The minimum absolute atomic E-state index is 0.386. The second-order valence-electron chi connectivity index (χ2n) is 5.53. The van der Waals surface area contributed by atoms with Gasteiger partial charge in [-0.2, -0.15) is 4.98 Å². The van der Waals surface area contributed by atoms with Gasteiger partial charge in [0.25, 0.3) is 0 Å². The summed E-state index contributed by atoms with van der Waals surface area (Å²) in [5.41, 5.74) is 2.16. The summed E-state index contributed by atoms with van der Waals surface area (Å²) >= 11 is 0. The largest absolute Gasteiger partial charge is 0.480 e. The molecule has 1 aliphatic heterocycles. The van der Waals surface area contributed by atoms with E-state index in [0.29, 0.717) is 24.7 Å². The molecule has 1 saturated heterocycles. The van der Waals surface area contributed by atoms with Crippen LogP contribution < -0.4 is 0 Å². The van der Waals surface area contributed by atoms with E-state index >= 15 is 0 Å². The summed E-state index contributed by atoms with van der Waals surface area (Å²) < 4.78 is 5.27. The fraction of sp³-hybridized carbons (Fsp3) is 0.438. The average molecular weight is 301 g/mol. The predicted molar refractivity (Wildman–Crippen MR) is 80.2 cm³/mol. The lowest BCUT2D eigenvalue weighted by Crippen LogP contribution is -2.35. The summed E-state index contributed by atoms with van der Waals surface area (Å²) in [6.45, 7) is 3.24. The Labute approximate surface area is 128 Å². The van der Waals surface area contributed by atoms with Gasteiger partial charge in [0, 0.05) is 5.56 Å². The molecule has 2 heterocycles. The van der Waals surface area contributed by atoms with Crippen LogP contribution in [-0.4, -0.2) is 38.7 Å². The summed E-state index contributed by atoms with van der Waals surface area (Å²) in [4.78, 5) is 17.4. The number of carboxylic acids is 1. The summed E-state index contributed by atoms with van der Waals surface area (Å²) in [5, 5.41) is 13.2. The van der Waals surface area contributed by atoms with Crippen LogP contribution in [0.4, 0.5) is 0 Å². The van der Waals surface area contributed by atoms with Gasteiger partial charge in [0.15, 0.2) is 0 Å². The third-order valence-electron chi connectivity index (χ3n) is 4.08. The summed E-state index contributed by atoms with van der Waals surface area (Å²) in [5.74, 6) is 0.221. The molecule has 1 unspecified atom stereocenters. The zero-order valence-corrected chi connectivity index (χ0v) is 12.5. The highest BCUT2D eigenvalue weighted by molar-refractivity contribution is 5.73. The number of carboxylic acid groups (broad SMARTS) is 1. The number of nitrogens with zero attached hydrogens (tertiary/aromatic N) is 3. The highest BCUT2D eigenvalue weighted by atomic mass is 16.5. The van der Waals surface area contributed by atoms with Gasteiger partial charge < -0.3 is 9.63 Å². The Kier molecular flexibility index (Phi) is 4.20. The van der Waals surface area contributed by atoms with Crippen LogP contribution in [0.25, 0.3) is 11.4 Å². The first kappa shape index (κ1) is 14.7. The van der Waals surface area contributed by atoms with Gasteiger partial charge in [0.05, 0.1) is 6.54 Å². The maximum absolute atomic E-state index is 11.2. The molecule has 1 atom stereocenters. The molecule has 1 N–H and O–H groups in total. The molecule has 1 aromatic heterocycles. The second-order valence-corrected chi connectivity index (χ2v) is 5.53. The second kappa shape index (κ2) is 6.27. The molecule has 0 aliphatic carbocycles. The highest BCUT2D eigenvalue weighted by Gasteiger charge is 2.31. The van der Waals surface area contributed by atoms with Crippen molar-refractivity contribution in [1.82, 2.24) is 15.0 Å². The smallest absolute Gasteiger partial charge is 0.320 e. The number of hydrogen-bond donors (Lipinski definition) is 1. The van der Waals surface area contributed by atoms with E-state index in [4.69, 9.17) is 4.52 Å². The van der Waals surface area contributed by atoms with E-state index in [1.54, 1.807) is 0 Å². The molecule has 0 amide bonds. The molecule has 0 saturated carbocycles. The van der Waals surface area contributed by atoms with Crippen molar-refractivity contribution in [2.45, 2.75) is 38.8 Å². The van der Waals surface area contributed by atoms with E-state index in [1.165, 1.54) is 5.56 Å². The average Bonchev–Trinajstić information content (AvgIpc) is 3.17. The first-order valence-electron chi connectivity index (χ1n) is 7.56. The van der Waals surface area contributed by atoms with Crippen LogP contribution in [0.3, 0.4) is 0 Å². The van der Waals surface area contributed by atoms with Crippen molar-refractivity contribution in [3.63, 3.8) is 0 Å². The van der Waals surface area contributed by atoms with Crippen LogP contribution >= 0.6 is 0 Å². The van der Waals surface area contributed by atoms with Gasteiger partial charge in [0.2, 0.25) is 11.7 Å². The molecule has 1 fully saturated rings. The van der Waals surface area contributed by atoms with Crippen molar-refractivity contribution < 1.29 is 14.4 Å². The molecule has 6 heteroatoms. The lowest BCUT2D eigenvalue weighted by Gasteiger charge is -2.18. The number of carbonyl (C=O) groups is 1. The quantitative estimate of drug-likeness (QED) is 0.913. The molecule has 1 aromatic carbocycles. The predicted octanol–water partition coefficient (Wildman–Crippen LogP) is 2.35. The van der Waals surface area contributed by atoms with E-state index in [2.05, 4.69) is 17.1 Å². The van der Waals surface area contributed by atoms with Crippen molar-refractivity contribution >= 4 is 5.97 Å².